The Balaban J connectivity index is 2.05. The number of carbonyl (C=O) groups excluding carboxylic acids is 1. The SMILES string of the molecule is CS(=O)(=O)Nc1ccc2occ(C(=O)c3ccc(O)cc3)c2c1. The predicted molar refractivity (Wildman–Crippen MR) is 86.2 cm³/mol. The number of aromatic hydroxyl groups is 1. The Morgan fingerprint density at radius 3 is 2.48 bits per heavy atom. The van der Waals surface area contributed by atoms with Crippen LogP contribution in [-0.4, -0.2) is 25.6 Å². The molecule has 118 valence electrons. The Morgan fingerprint density at radius 1 is 1.13 bits per heavy atom. The van der Waals surface area contributed by atoms with Gasteiger partial charge in [0.25, 0.3) is 0 Å². The molecule has 0 saturated carbocycles. The highest BCUT2D eigenvalue weighted by Gasteiger charge is 2.16. The number of ketones is 1. The van der Waals surface area contributed by atoms with Crippen molar-refractivity contribution in [2.75, 3.05) is 11.0 Å². The molecule has 1 heterocycles. The third kappa shape index (κ3) is 3.19. The lowest BCUT2D eigenvalue weighted by Gasteiger charge is -2.04. The van der Waals surface area contributed by atoms with Crippen molar-refractivity contribution in [3.8, 4) is 5.75 Å². The van der Waals surface area contributed by atoms with Crippen LogP contribution in [0.15, 0.2) is 53.1 Å². The van der Waals surface area contributed by atoms with Crippen LogP contribution < -0.4 is 4.72 Å². The molecule has 0 atom stereocenters. The summed E-state index contributed by atoms with van der Waals surface area (Å²) in [6.07, 6.45) is 2.39. The van der Waals surface area contributed by atoms with Gasteiger partial charge >= 0.3 is 0 Å². The van der Waals surface area contributed by atoms with E-state index in [-0.39, 0.29) is 11.5 Å². The number of phenols is 1. The molecule has 3 aromatic rings. The molecule has 1 aromatic heterocycles. The van der Waals surface area contributed by atoms with E-state index in [9.17, 15) is 18.3 Å². The second-order valence-electron chi connectivity index (χ2n) is 5.11. The summed E-state index contributed by atoms with van der Waals surface area (Å²) in [6, 6.07) is 10.6. The zero-order valence-electron chi connectivity index (χ0n) is 12.1. The lowest BCUT2D eigenvalue weighted by atomic mass is 10.0. The number of rotatable bonds is 4. The van der Waals surface area contributed by atoms with Crippen molar-refractivity contribution in [3.63, 3.8) is 0 Å². The second-order valence-corrected chi connectivity index (χ2v) is 6.86. The standard InChI is InChI=1S/C16H13NO5S/c1-23(20,21)17-11-4-7-15-13(8-11)14(9-22-15)16(19)10-2-5-12(18)6-3-10/h2-9,17-18H,1H3. The van der Waals surface area contributed by atoms with Crippen LogP contribution in [0.1, 0.15) is 15.9 Å². The molecule has 7 heteroatoms. The van der Waals surface area contributed by atoms with Crippen LogP contribution in [0.25, 0.3) is 11.0 Å². The summed E-state index contributed by atoms with van der Waals surface area (Å²) in [6.45, 7) is 0. The van der Waals surface area contributed by atoms with Gasteiger partial charge in [-0.1, -0.05) is 0 Å². The number of sulfonamides is 1. The Labute approximate surface area is 132 Å². The van der Waals surface area contributed by atoms with Crippen LogP contribution in [0.2, 0.25) is 0 Å². The van der Waals surface area contributed by atoms with E-state index in [1.54, 1.807) is 18.2 Å². The number of furan rings is 1. The number of hydrogen-bond acceptors (Lipinski definition) is 5. The third-order valence-corrected chi connectivity index (χ3v) is 3.86. The van der Waals surface area contributed by atoms with Crippen molar-refractivity contribution in [2.45, 2.75) is 0 Å². The highest BCUT2D eigenvalue weighted by Crippen LogP contribution is 2.27. The Hall–Kier alpha value is -2.80. The maximum atomic E-state index is 12.5. The van der Waals surface area contributed by atoms with Crippen molar-refractivity contribution in [3.05, 3.63) is 59.9 Å². The number of anilines is 1. The van der Waals surface area contributed by atoms with Gasteiger partial charge in [0.1, 0.15) is 17.6 Å². The van der Waals surface area contributed by atoms with Gasteiger partial charge in [-0.2, -0.15) is 0 Å². The Morgan fingerprint density at radius 2 is 1.83 bits per heavy atom. The first kappa shape index (κ1) is 15.1. The molecule has 0 aliphatic heterocycles. The van der Waals surface area contributed by atoms with Crippen LogP contribution in [0.5, 0.6) is 5.75 Å². The van der Waals surface area contributed by atoms with Gasteiger partial charge in [0, 0.05) is 16.6 Å². The molecule has 0 aliphatic rings. The molecule has 0 fully saturated rings. The van der Waals surface area contributed by atoms with Gasteiger partial charge in [-0.05, 0) is 42.5 Å². The van der Waals surface area contributed by atoms with Gasteiger partial charge in [-0.15, -0.1) is 0 Å². The van der Waals surface area contributed by atoms with E-state index in [1.807, 2.05) is 0 Å². The van der Waals surface area contributed by atoms with Gasteiger partial charge in [0.2, 0.25) is 10.0 Å². The van der Waals surface area contributed by atoms with E-state index >= 15 is 0 Å². The van der Waals surface area contributed by atoms with Gasteiger partial charge in [-0.25, -0.2) is 8.42 Å². The lowest BCUT2D eigenvalue weighted by Crippen LogP contribution is -2.09. The summed E-state index contributed by atoms with van der Waals surface area (Å²) >= 11 is 0. The van der Waals surface area contributed by atoms with Crippen molar-refractivity contribution < 1.29 is 22.7 Å². The summed E-state index contributed by atoms with van der Waals surface area (Å²) in [4.78, 5) is 12.5. The van der Waals surface area contributed by atoms with E-state index in [0.29, 0.717) is 27.8 Å². The molecule has 23 heavy (non-hydrogen) atoms. The normalized spacial score (nSPS) is 11.5. The number of phenolic OH excluding ortho intramolecular Hbond substituents is 1. The van der Waals surface area contributed by atoms with E-state index in [0.717, 1.165) is 6.26 Å². The number of nitrogens with one attached hydrogen (secondary N) is 1. The van der Waals surface area contributed by atoms with Crippen molar-refractivity contribution in [1.82, 2.24) is 0 Å². The largest absolute Gasteiger partial charge is 0.508 e. The fraction of sp³-hybridized carbons (Fsp3) is 0.0625. The maximum absolute atomic E-state index is 12.5. The van der Waals surface area contributed by atoms with Crippen LogP contribution in [0.3, 0.4) is 0 Å². The molecule has 0 saturated heterocycles. The molecule has 0 unspecified atom stereocenters. The summed E-state index contributed by atoms with van der Waals surface area (Å²) in [5, 5.41) is 9.80. The zero-order valence-corrected chi connectivity index (χ0v) is 12.9. The van der Waals surface area contributed by atoms with Gasteiger partial charge in [0.05, 0.1) is 11.8 Å². The number of fused-ring (bicyclic) bond motifs is 1. The predicted octanol–water partition coefficient (Wildman–Crippen LogP) is 2.74. The molecule has 0 amide bonds. The quantitative estimate of drug-likeness (QED) is 0.717. The first-order valence-corrected chi connectivity index (χ1v) is 8.55. The molecule has 0 spiro atoms. The topological polar surface area (TPSA) is 96.6 Å². The first-order chi connectivity index (χ1) is 10.8. The molecule has 0 radical (unpaired) electrons. The first-order valence-electron chi connectivity index (χ1n) is 6.66. The van der Waals surface area contributed by atoms with Crippen LogP contribution in [0.4, 0.5) is 5.69 Å². The van der Waals surface area contributed by atoms with Crippen molar-refractivity contribution >= 4 is 32.5 Å². The van der Waals surface area contributed by atoms with Crippen LogP contribution in [0, 0.1) is 0 Å². The molecule has 2 aromatic carbocycles. The third-order valence-electron chi connectivity index (χ3n) is 3.25. The Kier molecular flexibility index (Phi) is 3.57. The smallest absolute Gasteiger partial charge is 0.229 e. The average Bonchev–Trinajstić information content (AvgIpc) is 2.88. The highest BCUT2D eigenvalue weighted by molar-refractivity contribution is 7.92. The summed E-state index contributed by atoms with van der Waals surface area (Å²) in [7, 11) is -3.41. The monoisotopic (exact) mass is 331 g/mol. The van der Waals surface area contributed by atoms with E-state index in [2.05, 4.69) is 4.72 Å². The number of hydrogen-bond donors (Lipinski definition) is 2. The molecule has 0 aliphatic carbocycles. The van der Waals surface area contributed by atoms with E-state index in [4.69, 9.17) is 4.42 Å². The minimum atomic E-state index is -3.41. The van der Waals surface area contributed by atoms with E-state index < -0.39 is 10.0 Å². The molecule has 2 N–H and O–H groups in total. The maximum Gasteiger partial charge on any atom is 0.229 e. The fourth-order valence-corrected chi connectivity index (χ4v) is 2.81. The lowest BCUT2D eigenvalue weighted by molar-refractivity contribution is 0.103. The fourth-order valence-electron chi connectivity index (χ4n) is 2.25. The molecular formula is C16H13NO5S. The van der Waals surface area contributed by atoms with Crippen LogP contribution in [-0.2, 0) is 10.0 Å². The minimum Gasteiger partial charge on any atom is -0.508 e. The van der Waals surface area contributed by atoms with Gasteiger partial charge in [0.15, 0.2) is 5.78 Å². The van der Waals surface area contributed by atoms with Crippen LogP contribution >= 0.6 is 0 Å². The highest BCUT2D eigenvalue weighted by atomic mass is 32.2. The number of carbonyl (C=O) groups is 1. The van der Waals surface area contributed by atoms with Gasteiger partial charge < -0.3 is 9.52 Å². The molecule has 0 bridgehead atoms. The zero-order chi connectivity index (χ0) is 16.6. The van der Waals surface area contributed by atoms with Crippen molar-refractivity contribution in [1.29, 1.82) is 0 Å². The molecular weight excluding hydrogens is 318 g/mol. The summed E-state index contributed by atoms with van der Waals surface area (Å²) in [5.41, 5.74) is 1.54. The number of benzene rings is 2. The average molecular weight is 331 g/mol. The second kappa shape index (κ2) is 5.44. The van der Waals surface area contributed by atoms with Gasteiger partial charge in [-0.3, -0.25) is 9.52 Å². The summed E-state index contributed by atoms with van der Waals surface area (Å²) in [5.74, 6) is -0.210. The minimum absolute atomic E-state index is 0.0678. The van der Waals surface area contributed by atoms with E-state index in [1.165, 1.54) is 30.5 Å². The molecule has 6 nitrogen and oxygen atoms in total. The van der Waals surface area contributed by atoms with Crippen molar-refractivity contribution in [2.24, 2.45) is 0 Å². The summed E-state index contributed by atoms with van der Waals surface area (Å²) < 4.78 is 30.4. The molecule has 3 rings (SSSR count). The Bertz CT molecular complexity index is 987.